The number of carboxylic acids is 4. The second-order valence-corrected chi connectivity index (χ2v) is 31.0. The lowest BCUT2D eigenvalue weighted by Crippen LogP contribution is -2.62. The van der Waals surface area contributed by atoms with Gasteiger partial charge in [0.25, 0.3) is 0 Å². The Bertz CT molecular complexity index is 3770. The molecule has 26 N–H and O–H groups in total. The van der Waals surface area contributed by atoms with E-state index in [1.165, 1.54) is 27.7 Å². The van der Waals surface area contributed by atoms with Crippen LogP contribution in [0.1, 0.15) is 165 Å². The third-order valence-corrected chi connectivity index (χ3v) is 19.3. The van der Waals surface area contributed by atoms with Crippen molar-refractivity contribution in [1.82, 2.24) is 78.9 Å². The number of hydrogen-bond acceptors (Lipinski definition) is 23. The van der Waals surface area contributed by atoms with Gasteiger partial charge in [-0.1, -0.05) is 85.7 Å². The number of nitrogens with zero attached hydrogens (tertiary/aromatic N) is 2. The van der Waals surface area contributed by atoms with Crippen LogP contribution in [0.4, 0.5) is 0 Å². The number of nitrogens with two attached hydrogens (primary N) is 3. The zero-order chi connectivity index (χ0) is 90.0. The van der Waals surface area contributed by atoms with Crippen LogP contribution in [0.3, 0.4) is 0 Å². The Morgan fingerprint density at radius 3 is 1.34 bits per heavy atom. The Hall–Kier alpha value is -11.7. The Kier molecular flexibility index (Phi) is 42.2. The van der Waals surface area contributed by atoms with E-state index in [0.717, 1.165) is 23.6 Å². The number of aliphatic carboxylic acids is 4. The van der Waals surface area contributed by atoms with Gasteiger partial charge in [-0.05, 0) is 107 Å². The number of carbonyl (C=O) groups excluding carboxylic acids is 15. The maximum absolute atomic E-state index is 14.6. The molecule has 119 heavy (non-hydrogen) atoms. The lowest BCUT2D eigenvalue weighted by molar-refractivity contribution is -0.146. The van der Waals surface area contributed by atoms with Crippen LogP contribution in [0.25, 0.3) is 0 Å². The molecule has 1 aromatic carbocycles. The molecule has 0 unspecified atom stereocenters. The minimum Gasteiger partial charge on any atom is -0.481 e. The maximum atomic E-state index is 14.6. The first kappa shape index (κ1) is 101. The van der Waals surface area contributed by atoms with Gasteiger partial charge in [0.2, 0.25) is 88.6 Å². The summed E-state index contributed by atoms with van der Waals surface area (Å²) in [4.78, 5) is 259. The average Bonchev–Trinajstić information content (AvgIpc) is 1.72. The van der Waals surface area contributed by atoms with Crippen LogP contribution in [0.5, 0.6) is 0 Å². The molecule has 0 saturated carbocycles. The molecule has 1 aromatic rings. The monoisotopic (exact) mass is 1690 g/mol. The van der Waals surface area contributed by atoms with E-state index in [-0.39, 0.29) is 89.3 Å². The van der Waals surface area contributed by atoms with E-state index in [1.807, 2.05) is 0 Å². The summed E-state index contributed by atoms with van der Waals surface area (Å²) in [5.74, 6) is -24.0. The molecular weight excluding hydrogens is 1570 g/mol. The summed E-state index contributed by atoms with van der Waals surface area (Å²) in [6, 6.07) is -15.9. The van der Waals surface area contributed by atoms with Gasteiger partial charge in [0, 0.05) is 38.9 Å². The molecule has 0 bridgehead atoms. The van der Waals surface area contributed by atoms with Crippen LogP contribution in [0.15, 0.2) is 30.3 Å². The molecule has 664 valence electrons. The molecule has 2 saturated heterocycles. The van der Waals surface area contributed by atoms with Gasteiger partial charge in [0.15, 0.2) is 5.96 Å². The highest BCUT2D eigenvalue weighted by atomic mass is 16.4. The Labute approximate surface area is 687 Å². The summed E-state index contributed by atoms with van der Waals surface area (Å²) < 4.78 is 0. The lowest BCUT2D eigenvalue weighted by atomic mass is 9.99. The lowest BCUT2D eigenvalue weighted by Gasteiger charge is -2.32. The van der Waals surface area contributed by atoms with Gasteiger partial charge >= 0.3 is 23.9 Å². The van der Waals surface area contributed by atoms with E-state index in [9.17, 15) is 122 Å². The molecule has 2 heterocycles. The van der Waals surface area contributed by atoms with Crippen molar-refractivity contribution in [3.63, 3.8) is 0 Å². The fraction of sp³-hybridized carbons (Fsp3) is 0.653. The first-order chi connectivity index (χ1) is 55.7. The van der Waals surface area contributed by atoms with E-state index < -0.39 is 272 Å². The van der Waals surface area contributed by atoms with Gasteiger partial charge in [-0.3, -0.25) is 91.7 Å². The van der Waals surface area contributed by atoms with Crippen molar-refractivity contribution in [3.8, 4) is 0 Å². The first-order valence-corrected chi connectivity index (χ1v) is 39.3. The van der Waals surface area contributed by atoms with Crippen LogP contribution in [0, 0.1) is 29.1 Å². The Balaban J connectivity index is 1.89. The van der Waals surface area contributed by atoms with Gasteiger partial charge in [-0.2, -0.15) is 0 Å². The highest BCUT2D eigenvalue weighted by Gasteiger charge is 2.45. The SMILES string of the molecule is CC(C)C[C@H](NC(=O)[C@H](CC(=O)O)NC(=O)[C@H](CCC(N)=O)NC(=O)[C@H](Cc1ccccc1)NC(=O)[C@@H]1CCCN1C(=O)[C@H](CC(=O)O)NC(=O)[C@H](C)NC(=O)[C@H](CCCNC(=N)N)NC(=O)[C@@H](NC(=O)[C@H](CC(C)C)NC(=O)[C@@H]1CCCN1C(=O)[C@@H](NC(=O)[C@H](CCC(=O)O)NC(=O)[C@@H](NC(=O)[C@@H](N)CO)C(C)C)[C@@H](C)O)C(C)C)C(=O)O. The molecule has 2 fully saturated rings. The molecule has 3 rings (SSSR count). The third-order valence-electron chi connectivity index (χ3n) is 19.3. The van der Waals surface area contributed by atoms with Crippen molar-refractivity contribution in [3.05, 3.63) is 35.9 Å². The van der Waals surface area contributed by atoms with Crippen molar-refractivity contribution < 1.29 is 122 Å². The minimum atomic E-state index is -1.94. The predicted octanol–water partition coefficient (Wildman–Crippen LogP) is -6.42. The number of nitrogens with one attached hydrogen (secondary N) is 14. The van der Waals surface area contributed by atoms with Crippen molar-refractivity contribution in [2.75, 3.05) is 26.2 Å². The third kappa shape index (κ3) is 34.4. The number of benzene rings is 1. The molecule has 2 aliphatic rings. The average molecular weight is 1690 g/mol. The summed E-state index contributed by atoms with van der Waals surface area (Å²) in [6.45, 7) is 14.1. The summed E-state index contributed by atoms with van der Waals surface area (Å²) in [5, 5.41) is 98.7. The number of rotatable bonds is 51. The number of aliphatic hydroxyl groups is 2. The Morgan fingerprint density at radius 2 is 0.866 bits per heavy atom. The molecule has 44 nitrogen and oxygen atoms in total. The zero-order valence-corrected chi connectivity index (χ0v) is 68.4. The predicted molar refractivity (Wildman–Crippen MR) is 420 cm³/mol. The van der Waals surface area contributed by atoms with Gasteiger partial charge < -0.3 is 127 Å². The summed E-state index contributed by atoms with van der Waals surface area (Å²) in [6.07, 6.45) is -6.59. The van der Waals surface area contributed by atoms with Gasteiger partial charge in [0.05, 0.1) is 25.6 Å². The van der Waals surface area contributed by atoms with E-state index in [4.69, 9.17) is 22.6 Å². The van der Waals surface area contributed by atoms with Crippen molar-refractivity contribution >= 4 is 118 Å². The van der Waals surface area contributed by atoms with E-state index in [2.05, 4.69) is 69.1 Å². The highest BCUT2D eigenvalue weighted by molar-refractivity contribution is 6.02. The maximum Gasteiger partial charge on any atom is 0.326 e. The number of hydrogen-bond donors (Lipinski definition) is 23. The molecule has 2 aliphatic heterocycles. The molecule has 0 aromatic heterocycles. The first-order valence-electron chi connectivity index (χ1n) is 39.3. The molecule has 0 aliphatic carbocycles. The van der Waals surface area contributed by atoms with Gasteiger partial charge in [0.1, 0.15) is 90.6 Å². The van der Waals surface area contributed by atoms with E-state index >= 15 is 0 Å². The van der Waals surface area contributed by atoms with Crippen LogP contribution >= 0.6 is 0 Å². The quantitative estimate of drug-likeness (QED) is 0.0164. The Morgan fingerprint density at radius 1 is 0.454 bits per heavy atom. The van der Waals surface area contributed by atoms with Crippen molar-refractivity contribution in [2.24, 2.45) is 40.9 Å². The van der Waals surface area contributed by atoms with Gasteiger partial charge in [-0.25, -0.2) is 4.79 Å². The molecule has 0 spiro atoms. The van der Waals surface area contributed by atoms with Crippen LogP contribution in [-0.4, -0.2) is 282 Å². The zero-order valence-electron chi connectivity index (χ0n) is 68.4. The van der Waals surface area contributed by atoms with Crippen LogP contribution in [0.2, 0.25) is 0 Å². The molecule has 0 radical (unpaired) electrons. The molecular formula is C75H119N19O25. The summed E-state index contributed by atoms with van der Waals surface area (Å²) >= 11 is 0. The number of amides is 15. The highest BCUT2D eigenvalue weighted by Crippen LogP contribution is 2.24. The molecule has 44 heteroatoms. The standard InChI is InChI=1S/C75H119N19O25/c1-35(2)29-46(86-69(113)52-21-16-28-94(52)73(117)59(40(10)96)92-64(108)45(23-25-54(98)99)84-70(114)57(37(5)6)90-61(105)42(76)34-95)67(111)91-58(38(7)8)71(115)83-43(19-14-26-80-75(78)79)62(106)81-39(9)60(104)88-49(33-56(102)103)72(116)93-27-15-20-51(93)68(112)87-47(31-41-17-12-11-13-18-41)65(109)82-44(22-24-53(77)97)63(107)85-48(32-55(100)101)66(110)89-50(74(118)119)30-36(3)4/h11-13,17-18,35-40,42-52,57-59,95-96H,14-16,19-34,76H2,1-10H3,(H2,77,97)(H,81,106)(H,82,109)(H,83,115)(H,84,114)(H,85,107)(H,86,113)(H,87,112)(H,88,104)(H,89,110)(H,90,105)(H,91,111)(H,92,108)(H,98,99)(H,100,101)(H,102,103)(H,118,119)(H4,78,79,80)/t39-,40+,42-,43-,44-,45-,46-,47-,48-,49-,50-,51-,52-,57-,58-,59-/m0/s1. The van der Waals surface area contributed by atoms with Crippen LogP contribution in [-0.2, 0) is 97.5 Å². The minimum absolute atomic E-state index is 0.00843. The smallest absolute Gasteiger partial charge is 0.326 e. The number of guanidine groups is 1. The summed E-state index contributed by atoms with van der Waals surface area (Å²) in [5.41, 5.74) is 16.9. The molecule has 16 atom stereocenters. The largest absolute Gasteiger partial charge is 0.481 e. The van der Waals surface area contributed by atoms with Crippen LogP contribution < -0.4 is 86.3 Å². The fourth-order valence-corrected chi connectivity index (χ4v) is 13.0. The number of carbonyl (C=O) groups is 19. The number of primary amides is 1. The number of aliphatic hydroxyl groups excluding tert-OH is 2. The second kappa shape index (κ2) is 49.5. The topological polar surface area (TPSA) is 710 Å². The van der Waals surface area contributed by atoms with Crippen molar-refractivity contribution in [1.29, 1.82) is 5.41 Å². The van der Waals surface area contributed by atoms with E-state index in [0.29, 0.717) is 5.56 Å². The van der Waals surface area contributed by atoms with E-state index in [1.54, 1.807) is 58.0 Å². The van der Waals surface area contributed by atoms with Crippen molar-refractivity contribution in [2.45, 2.75) is 262 Å². The second-order valence-electron chi connectivity index (χ2n) is 31.0. The number of carboxylic acid groups (broad SMARTS) is 4. The summed E-state index contributed by atoms with van der Waals surface area (Å²) in [7, 11) is 0. The normalized spacial score (nSPS) is 17.4. The molecule has 15 amide bonds. The number of likely N-dealkylation sites (tertiary alicyclic amines) is 2. The fourth-order valence-electron chi connectivity index (χ4n) is 13.0. The van der Waals surface area contributed by atoms with Gasteiger partial charge in [-0.15, -0.1) is 0 Å².